The van der Waals surface area contributed by atoms with Crippen LogP contribution in [0.25, 0.3) is 22.0 Å². The van der Waals surface area contributed by atoms with Gasteiger partial charge in [0.25, 0.3) is 0 Å². The van der Waals surface area contributed by atoms with E-state index in [1.807, 2.05) is 50.5 Å². The molecule has 6 rings (SSSR count). The zero-order chi connectivity index (χ0) is 51.7. The molecule has 6 aromatic carbocycles. The van der Waals surface area contributed by atoms with Crippen LogP contribution in [0.15, 0.2) is 176 Å². The van der Waals surface area contributed by atoms with Gasteiger partial charge in [-0.1, -0.05) is 262 Å². The quantitative estimate of drug-likeness (QED) is 0.0524. The summed E-state index contributed by atoms with van der Waals surface area (Å²) < 4.78 is 4.83. The molecule has 378 valence electrons. The third kappa shape index (κ3) is 19.2. The van der Waals surface area contributed by atoms with E-state index in [-0.39, 0.29) is 33.7 Å². The van der Waals surface area contributed by atoms with Crippen molar-refractivity contribution in [1.29, 1.82) is 0 Å². The molecule has 72 heavy (non-hydrogen) atoms. The summed E-state index contributed by atoms with van der Waals surface area (Å²) in [4.78, 5) is 0. The smallest absolute Gasteiger partial charge is 0.707 e. The summed E-state index contributed by atoms with van der Waals surface area (Å²) in [6.45, 7) is 32.6. The number of allylic oxidation sites excluding steroid dienone is 1. The number of para-hydroxylation sites is 3. The SMILES string of the molecule is CC(C)c1cccc(C(C)C)c1[N-]/C=C\[C@H](c1ccccc1)[C@@H](/C=C/c1ccccc1)[N-]c1c(C(C)C)cccc1C(C)C.CC(C)c1cccc(C(C)C)c1[N-]/C=C\[CH-]c1ccccc1.CCOCC.[Ti+4]. The first-order valence-corrected chi connectivity index (χ1v) is 26.3. The number of hydrogen-bond donors (Lipinski definition) is 0. The number of ether oxygens (including phenoxy) is 1. The molecule has 5 heteroatoms. The molecule has 0 saturated carbocycles. The van der Waals surface area contributed by atoms with Crippen molar-refractivity contribution >= 4 is 23.1 Å². The predicted octanol–water partition coefficient (Wildman–Crippen LogP) is 21.0. The van der Waals surface area contributed by atoms with Gasteiger partial charge in [0.2, 0.25) is 0 Å². The number of nitrogens with zero attached hydrogens (tertiary/aromatic N) is 3. The largest absolute Gasteiger partial charge is 4.00 e. The van der Waals surface area contributed by atoms with Crippen LogP contribution < -0.4 is 0 Å². The Morgan fingerprint density at radius 3 is 1.19 bits per heavy atom. The molecule has 0 N–H and O–H groups in total. The van der Waals surface area contributed by atoms with Gasteiger partial charge in [0.05, 0.1) is 0 Å². The fraction of sp³-hybridized carbons (Fsp3) is 0.358. The summed E-state index contributed by atoms with van der Waals surface area (Å²) in [5, 5.41) is 15.5. The minimum atomic E-state index is -0.133. The molecule has 0 heterocycles. The van der Waals surface area contributed by atoms with E-state index in [9.17, 15) is 0 Å². The van der Waals surface area contributed by atoms with Crippen LogP contribution in [0.4, 0.5) is 17.1 Å². The van der Waals surface area contributed by atoms with Gasteiger partial charge in [-0.2, -0.15) is 12.3 Å². The second-order valence-electron chi connectivity index (χ2n) is 19.9. The molecule has 4 nitrogen and oxygen atoms in total. The second-order valence-corrected chi connectivity index (χ2v) is 19.9. The monoisotopic (exact) mass is 996 g/mol. The molecule has 0 saturated heterocycles. The molecule has 6 aromatic rings. The van der Waals surface area contributed by atoms with Crippen molar-refractivity contribution in [2.75, 3.05) is 13.2 Å². The zero-order valence-corrected chi connectivity index (χ0v) is 47.7. The van der Waals surface area contributed by atoms with Gasteiger partial charge in [0.15, 0.2) is 0 Å². The first-order chi connectivity index (χ1) is 34.2. The van der Waals surface area contributed by atoms with Crippen LogP contribution in [0, 0.1) is 6.42 Å². The topological polar surface area (TPSA) is 51.5 Å². The van der Waals surface area contributed by atoms with Gasteiger partial charge in [-0.05, 0) is 66.4 Å². The van der Waals surface area contributed by atoms with Gasteiger partial charge in [-0.3, -0.25) is 6.20 Å². The summed E-state index contributed by atoms with van der Waals surface area (Å²) in [6, 6.07) is 51.2. The third-order valence-electron chi connectivity index (χ3n) is 12.4. The van der Waals surface area contributed by atoms with Crippen molar-refractivity contribution in [3.8, 4) is 0 Å². The van der Waals surface area contributed by atoms with E-state index in [1.54, 1.807) is 0 Å². The van der Waals surface area contributed by atoms with Crippen molar-refractivity contribution in [2.45, 2.75) is 144 Å². The van der Waals surface area contributed by atoms with E-state index in [1.165, 1.54) is 50.1 Å². The Morgan fingerprint density at radius 2 is 0.806 bits per heavy atom. The zero-order valence-electron chi connectivity index (χ0n) is 46.2. The van der Waals surface area contributed by atoms with E-state index in [2.05, 4.69) is 235 Å². The van der Waals surface area contributed by atoms with Gasteiger partial charge in [0.1, 0.15) is 0 Å². The van der Waals surface area contributed by atoms with Gasteiger partial charge < -0.3 is 20.7 Å². The fourth-order valence-electron chi connectivity index (χ4n) is 8.50. The standard InChI is InChI=1S/C42H50N2.C21H25N.C4H10O.Ti/c1-29(2)35-21-15-22-36(30(3)4)41(35)43-28-27-39(34-19-13-10-14-20-34)40(26-25-33-17-11-9-12-18-33)44-42-37(31(5)6)23-16-24-38(42)32(7)8;1-16(2)19-13-8-14-20(17(3)4)21(19)22-15-9-12-18-10-6-5-7-11-18;1-3-5-4-2;/h9-32,39-40H,1-8H3;5-17H,1-4H3;3-4H2,1-2H3;/q2*-2;;+4/b26-25+,28-27-;15-9-;;/t39-,40-;;;/m1.../s1. The maximum atomic E-state index is 5.63. The van der Waals surface area contributed by atoms with Crippen molar-refractivity contribution in [1.82, 2.24) is 0 Å². The molecule has 2 atom stereocenters. The molecule has 0 spiro atoms. The van der Waals surface area contributed by atoms with Crippen LogP contribution in [0.5, 0.6) is 0 Å². The van der Waals surface area contributed by atoms with Gasteiger partial charge in [0, 0.05) is 13.2 Å². The Kier molecular flexibility index (Phi) is 27.5. The van der Waals surface area contributed by atoms with E-state index in [4.69, 9.17) is 20.7 Å². The molecule has 0 fully saturated rings. The number of rotatable bonds is 21. The van der Waals surface area contributed by atoms with E-state index >= 15 is 0 Å². The molecule has 0 radical (unpaired) electrons. The maximum Gasteiger partial charge on any atom is 4.00 e. The van der Waals surface area contributed by atoms with Crippen LogP contribution in [0.2, 0.25) is 0 Å². The summed E-state index contributed by atoms with van der Waals surface area (Å²) in [6.07, 6.45) is 14.8. The van der Waals surface area contributed by atoms with Crippen LogP contribution in [0.3, 0.4) is 0 Å². The molecular weight excluding hydrogens is 911 g/mol. The Bertz CT molecular complexity index is 2420. The van der Waals surface area contributed by atoms with Crippen molar-refractivity contribution < 1.29 is 26.5 Å². The maximum absolute atomic E-state index is 5.63. The van der Waals surface area contributed by atoms with Crippen LogP contribution >= 0.6 is 0 Å². The van der Waals surface area contributed by atoms with E-state index in [0.717, 1.165) is 30.3 Å². The van der Waals surface area contributed by atoms with E-state index in [0.29, 0.717) is 35.5 Å². The molecule has 0 bridgehead atoms. The first-order valence-electron chi connectivity index (χ1n) is 26.3. The third-order valence-corrected chi connectivity index (χ3v) is 12.4. The Hall–Kier alpha value is -5.52. The molecule has 0 aromatic heterocycles. The summed E-state index contributed by atoms with van der Waals surface area (Å²) in [7, 11) is 0. The minimum absolute atomic E-state index is 0. The Morgan fingerprint density at radius 1 is 0.431 bits per heavy atom. The molecule has 0 aliphatic heterocycles. The average molecular weight is 996 g/mol. The van der Waals surface area contributed by atoms with Crippen LogP contribution in [0.1, 0.15) is 188 Å². The molecular formula is C67H85N3OTi. The van der Waals surface area contributed by atoms with Crippen LogP contribution in [-0.4, -0.2) is 19.3 Å². The molecule has 0 aliphatic carbocycles. The van der Waals surface area contributed by atoms with Crippen molar-refractivity contribution in [3.63, 3.8) is 0 Å². The summed E-state index contributed by atoms with van der Waals surface area (Å²) >= 11 is 0. The van der Waals surface area contributed by atoms with E-state index < -0.39 is 0 Å². The molecule has 0 unspecified atom stereocenters. The van der Waals surface area contributed by atoms with Gasteiger partial charge in [-0.15, -0.1) is 53.3 Å². The minimum Gasteiger partial charge on any atom is -0.707 e. The number of benzene rings is 6. The van der Waals surface area contributed by atoms with Gasteiger partial charge in [-0.25, -0.2) is 0 Å². The predicted molar refractivity (Wildman–Crippen MR) is 312 cm³/mol. The normalized spacial score (nSPS) is 12.3. The Labute approximate surface area is 453 Å². The van der Waals surface area contributed by atoms with Crippen molar-refractivity contribution in [2.24, 2.45) is 0 Å². The molecule has 0 amide bonds. The Balaban J connectivity index is 0.000000407. The summed E-state index contributed by atoms with van der Waals surface area (Å²) in [5.41, 5.74) is 14.7. The summed E-state index contributed by atoms with van der Waals surface area (Å²) in [5.74, 6) is 2.47. The number of hydrogen-bond acceptors (Lipinski definition) is 1. The van der Waals surface area contributed by atoms with Crippen molar-refractivity contribution in [3.05, 3.63) is 249 Å². The first kappa shape index (κ1) is 60.8. The molecule has 0 aliphatic rings. The fourth-order valence-corrected chi connectivity index (χ4v) is 8.50. The van der Waals surface area contributed by atoms with Crippen LogP contribution in [-0.2, 0) is 26.5 Å². The second kappa shape index (κ2) is 32.5. The van der Waals surface area contributed by atoms with Gasteiger partial charge >= 0.3 is 21.7 Å². The average Bonchev–Trinajstić information content (AvgIpc) is 3.36.